The SMILES string of the molecule is CCc1ccc(-c2ccc(OC(F)(F)F)cc2)cc1. The van der Waals surface area contributed by atoms with Crippen LogP contribution in [0.5, 0.6) is 5.75 Å². The number of rotatable bonds is 3. The molecule has 0 aromatic heterocycles. The lowest BCUT2D eigenvalue weighted by Crippen LogP contribution is -2.16. The largest absolute Gasteiger partial charge is 0.573 e. The predicted molar refractivity (Wildman–Crippen MR) is 67.9 cm³/mol. The van der Waals surface area contributed by atoms with Crippen molar-refractivity contribution in [1.82, 2.24) is 0 Å². The van der Waals surface area contributed by atoms with Gasteiger partial charge in [0, 0.05) is 0 Å². The van der Waals surface area contributed by atoms with Crippen LogP contribution in [0, 0.1) is 0 Å². The van der Waals surface area contributed by atoms with Gasteiger partial charge in [0.05, 0.1) is 0 Å². The zero-order chi connectivity index (χ0) is 13.9. The topological polar surface area (TPSA) is 9.23 Å². The Kier molecular flexibility index (Phi) is 3.79. The van der Waals surface area contributed by atoms with E-state index in [-0.39, 0.29) is 5.75 Å². The molecule has 0 saturated heterocycles. The number of benzene rings is 2. The Balaban J connectivity index is 2.17. The maximum atomic E-state index is 12.0. The second kappa shape index (κ2) is 5.34. The first kappa shape index (κ1) is 13.5. The summed E-state index contributed by atoms with van der Waals surface area (Å²) in [6.07, 6.45) is -3.69. The van der Waals surface area contributed by atoms with E-state index >= 15 is 0 Å². The molecule has 0 N–H and O–H groups in total. The Morgan fingerprint density at radius 1 is 0.842 bits per heavy atom. The highest BCUT2D eigenvalue weighted by Crippen LogP contribution is 2.26. The van der Waals surface area contributed by atoms with Gasteiger partial charge in [-0.2, -0.15) is 0 Å². The molecule has 2 aromatic rings. The van der Waals surface area contributed by atoms with Crippen molar-refractivity contribution >= 4 is 0 Å². The molecule has 0 radical (unpaired) electrons. The average molecular weight is 266 g/mol. The molecule has 19 heavy (non-hydrogen) atoms. The molecule has 0 amide bonds. The van der Waals surface area contributed by atoms with Gasteiger partial charge >= 0.3 is 6.36 Å². The van der Waals surface area contributed by atoms with Gasteiger partial charge in [0.1, 0.15) is 5.75 Å². The van der Waals surface area contributed by atoms with Crippen molar-refractivity contribution in [2.24, 2.45) is 0 Å². The third kappa shape index (κ3) is 3.74. The van der Waals surface area contributed by atoms with Gasteiger partial charge in [-0.1, -0.05) is 43.3 Å². The first-order valence-electron chi connectivity index (χ1n) is 5.93. The molecule has 2 aromatic carbocycles. The van der Waals surface area contributed by atoms with Crippen molar-refractivity contribution in [2.75, 3.05) is 0 Å². The molecule has 0 spiro atoms. The highest BCUT2D eigenvalue weighted by molar-refractivity contribution is 5.64. The van der Waals surface area contributed by atoms with E-state index in [0.29, 0.717) is 0 Å². The predicted octanol–water partition coefficient (Wildman–Crippen LogP) is 4.81. The fourth-order valence-electron chi connectivity index (χ4n) is 1.78. The summed E-state index contributed by atoms with van der Waals surface area (Å²) in [7, 11) is 0. The third-order valence-electron chi connectivity index (χ3n) is 2.78. The summed E-state index contributed by atoms with van der Waals surface area (Å²) < 4.78 is 39.9. The van der Waals surface area contributed by atoms with Gasteiger partial charge in [0.25, 0.3) is 0 Å². The van der Waals surface area contributed by atoms with Crippen LogP contribution in [0.25, 0.3) is 11.1 Å². The van der Waals surface area contributed by atoms with Crippen LogP contribution in [0.3, 0.4) is 0 Å². The van der Waals surface area contributed by atoms with E-state index in [1.165, 1.54) is 17.7 Å². The van der Waals surface area contributed by atoms with Gasteiger partial charge in [-0.15, -0.1) is 13.2 Å². The second-order valence-corrected chi connectivity index (χ2v) is 4.12. The van der Waals surface area contributed by atoms with Gasteiger partial charge in [0.15, 0.2) is 0 Å². The van der Waals surface area contributed by atoms with Gasteiger partial charge in [-0.05, 0) is 35.2 Å². The summed E-state index contributed by atoms with van der Waals surface area (Å²) in [5.74, 6) is -0.207. The normalized spacial score (nSPS) is 11.4. The molecule has 0 aliphatic heterocycles. The van der Waals surface area contributed by atoms with Crippen LogP contribution in [0.4, 0.5) is 13.2 Å². The Labute approximate surface area is 109 Å². The molecule has 2 rings (SSSR count). The Bertz CT molecular complexity index is 527. The molecular weight excluding hydrogens is 253 g/mol. The monoisotopic (exact) mass is 266 g/mol. The summed E-state index contributed by atoms with van der Waals surface area (Å²) in [5.41, 5.74) is 3.05. The van der Waals surface area contributed by atoms with Crippen molar-refractivity contribution in [2.45, 2.75) is 19.7 Å². The van der Waals surface area contributed by atoms with Crippen LogP contribution in [-0.2, 0) is 6.42 Å². The molecule has 0 unspecified atom stereocenters. The Hall–Kier alpha value is -1.97. The third-order valence-corrected chi connectivity index (χ3v) is 2.78. The highest BCUT2D eigenvalue weighted by Gasteiger charge is 2.30. The quantitative estimate of drug-likeness (QED) is 0.774. The number of hydrogen-bond acceptors (Lipinski definition) is 1. The van der Waals surface area contributed by atoms with Gasteiger partial charge in [-0.25, -0.2) is 0 Å². The molecule has 0 atom stereocenters. The van der Waals surface area contributed by atoms with Crippen molar-refractivity contribution in [3.05, 3.63) is 54.1 Å². The number of ether oxygens (including phenoxy) is 1. The van der Waals surface area contributed by atoms with Gasteiger partial charge in [-0.3, -0.25) is 0 Å². The molecule has 4 heteroatoms. The summed E-state index contributed by atoms with van der Waals surface area (Å²) in [5, 5.41) is 0. The lowest BCUT2D eigenvalue weighted by Gasteiger charge is -2.09. The molecule has 0 saturated carbocycles. The fraction of sp³-hybridized carbons (Fsp3) is 0.200. The number of alkyl halides is 3. The van der Waals surface area contributed by atoms with Crippen molar-refractivity contribution in [3.8, 4) is 16.9 Å². The van der Waals surface area contributed by atoms with E-state index < -0.39 is 6.36 Å². The lowest BCUT2D eigenvalue weighted by atomic mass is 10.0. The summed E-state index contributed by atoms with van der Waals surface area (Å²) in [6.45, 7) is 2.07. The molecule has 1 nitrogen and oxygen atoms in total. The molecule has 0 fully saturated rings. The van der Waals surface area contributed by atoms with Crippen molar-refractivity contribution in [3.63, 3.8) is 0 Å². The highest BCUT2D eigenvalue weighted by atomic mass is 19.4. The molecule has 0 bridgehead atoms. The van der Waals surface area contributed by atoms with E-state index in [4.69, 9.17) is 0 Å². The van der Waals surface area contributed by atoms with Crippen LogP contribution in [-0.4, -0.2) is 6.36 Å². The van der Waals surface area contributed by atoms with Gasteiger partial charge < -0.3 is 4.74 Å². The fourth-order valence-corrected chi connectivity index (χ4v) is 1.78. The van der Waals surface area contributed by atoms with E-state index in [1.54, 1.807) is 12.1 Å². The Morgan fingerprint density at radius 2 is 1.32 bits per heavy atom. The number of hydrogen-bond donors (Lipinski definition) is 0. The number of aryl methyl sites for hydroxylation is 1. The van der Waals surface area contributed by atoms with Crippen LogP contribution >= 0.6 is 0 Å². The molecule has 0 heterocycles. The first-order chi connectivity index (χ1) is 8.98. The van der Waals surface area contributed by atoms with E-state index in [2.05, 4.69) is 11.7 Å². The second-order valence-electron chi connectivity index (χ2n) is 4.12. The molecule has 100 valence electrons. The summed E-state index contributed by atoms with van der Waals surface area (Å²) >= 11 is 0. The summed E-state index contributed by atoms with van der Waals surface area (Å²) in [4.78, 5) is 0. The molecular formula is C15H13F3O. The van der Waals surface area contributed by atoms with E-state index in [0.717, 1.165) is 17.5 Å². The smallest absolute Gasteiger partial charge is 0.406 e. The maximum absolute atomic E-state index is 12.0. The minimum absolute atomic E-state index is 0.207. The van der Waals surface area contributed by atoms with Crippen molar-refractivity contribution in [1.29, 1.82) is 0 Å². The lowest BCUT2D eigenvalue weighted by molar-refractivity contribution is -0.274. The van der Waals surface area contributed by atoms with Crippen LogP contribution in [0.2, 0.25) is 0 Å². The van der Waals surface area contributed by atoms with E-state index in [9.17, 15) is 13.2 Å². The molecule has 0 aliphatic carbocycles. The number of halogens is 3. The van der Waals surface area contributed by atoms with Crippen molar-refractivity contribution < 1.29 is 17.9 Å². The standard InChI is InChI=1S/C15H13F3O/c1-2-11-3-5-12(6-4-11)13-7-9-14(10-8-13)19-15(16,17)18/h3-10H,2H2,1H3. The minimum Gasteiger partial charge on any atom is -0.406 e. The zero-order valence-electron chi connectivity index (χ0n) is 10.4. The zero-order valence-corrected chi connectivity index (χ0v) is 10.4. The average Bonchev–Trinajstić information content (AvgIpc) is 2.38. The molecule has 0 aliphatic rings. The van der Waals surface area contributed by atoms with Crippen LogP contribution < -0.4 is 4.74 Å². The maximum Gasteiger partial charge on any atom is 0.573 e. The first-order valence-corrected chi connectivity index (χ1v) is 5.93. The summed E-state index contributed by atoms with van der Waals surface area (Å²) in [6, 6.07) is 13.8. The van der Waals surface area contributed by atoms with Crippen LogP contribution in [0.1, 0.15) is 12.5 Å². The Morgan fingerprint density at radius 3 is 1.74 bits per heavy atom. The van der Waals surface area contributed by atoms with Gasteiger partial charge in [0.2, 0.25) is 0 Å². The van der Waals surface area contributed by atoms with Crippen LogP contribution in [0.15, 0.2) is 48.5 Å². The van der Waals surface area contributed by atoms with E-state index in [1.807, 2.05) is 24.3 Å². The minimum atomic E-state index is -4.65.